The van der Waals surface area contributed by atoms with E-state index in [1.165, 1.54) is 20.8 Å². The Morgan fingerprint density at radius 3 is 1.26 bits per heavy atom. The Kier molecular flexibility index (Phi) is 48.3. The first kappa shape index (κ1) is 101. The first-order valence-corrected chi connectivity index (χ1v) is 44.9. The second-order valence-electron chi connectivity index (χ2n) is 28.0. The molecule has 0 bridgehead atoms. The summed E-state index contributed by atoms with van der Waals surface area (Å²) in [5.41, 5.74) is -1.56. The van der Waals surface area contributed by atoms with E-state index < -0.39 is 207 Å². The second-order valence-corrected chi connectivity index (χ2v) is 35.2. The van der Waals surface area contributed by atoms with Gasteiger partial charge in [-0.2, -0.15) is 0 Å². The topological polar surface area (TPSA) is 573 Å². The summed E-state index contributed by atoms with van der Waals surface area (Å²) in [5.74, 6) is -1.39. The predicted octanol–water partition coefficient (Wildman–Crippen LogP) is 3.45. The number of nitrogens with one attached hydrogen (secondary N) is 1. The molecule has 0 aromatic carbocycles. The van der Waals surface area contributed by atoms with Crippen molar-refractivity contribution in [1.29, 1.82) is 0 Å². The molecular formula is C64H126NO39P5. The zero-order valence-corrected chi connectivity index (χ0v) is 67.8. The Morgan fingerprint density at radius 2 is 0.807 bits per heavy atom. The summed E-state index contributed by atoms with van der Waals surface area (Å²) in [4.78, 5) is 64.7. The molecule has 24 atom stereocenters. The standard InChI is InChI=1S/C64H126NO39P5/c1-44(2)103-109(84,85)104-50-35-45(3)99-54(50)39-97-108(82,83)98-43-64(40-86-24-20-32-94-105(76,77)91-29-17-9-7-8-14-23-49-46(4)56(70)58(72)51(36-66)100-49,41-87-25-21-33-95-106(78,79)92-30-18-12-10-15-27-89-62-47(5)57(71)59(73)52(37-67)101-62)42-88-26-22-34-96-107(80,81)93-31-19-13-11-16-28-90-63-55(65-48(6)69)61(75)60(74)53(38-68)102-63/h44-47,49-63,66-68,70-75H,7-43H2,1-6H3,(H,65,69)(H,76,77)(H,78,79)(H,80,81)(H,82,83)(H,84,85)/t45-,46+,47-,49-,50?,51?,52?,53?,54+,55-,56?,57?,58-,59-,60-,61?,62+,63+,64?/m0/s1. The summed E-state index contributed by atoms with van der Waals surface area (Å²) in [7, 11) is -23.4. The van der Waals surface area contributed by atoms with Crippen molar-refractivity contribution in [3.05, 3.63) is 0 Å². The van der Waals surface area contributed by atoms with Crippen molar-refractivity contribution < 1.29 is 186 Å². The quantitative estimate of drug-likeness (QED) is 0.0306. The highest BCUT2D eigenvalue weighted by atomic mass is 31.2. The van der Waals surface area contributed by atoms with Gasteiger partial charge in [-0.15, -0.1) is 0 Å². The predicted molar refractivity (Wildman–Crippen MR) is 381 cm³/mol. The Morgan fingerprint density at radius 1 is 0.422 bits per heavy atom. The summed E-state index contributed by atoms with van der Waals surface area (Å²) in [6, 6.07) is -1.11. The molecule has 4 aliphatic rings. The molecule has 0 aromatic heterocycles. The highest BCUT2D eigenvalue weighted by molar-refractivity contribution is 7.48. The number of hydrogen-bond acceptors (Lipinski definition) is 34. The smallest absolute Gasteiger partial charge is 0.394 e. The van der Waals surface area contributed by atoms with E-state index >= 15 is 0 Å². The van der Waals surface area contributed by atoms with Gasteiger partial charge in [-0.1, -0.05) is 65.2 Å². The summed E-state index contributed by atoms with van der Waals surface area (Å²) >= 11 is 0. The van der Waals surface area contributed by atoms with E-state index in [2.05, 4.69) is 5.32 Å². The molecule has 4 heterocycles. The van der Waals surface area contributed by atoms with Crippen molar-refractivity contribution in [2.75, 3.05) is 126 Å². The summed E-state index contributed by atoms with van der Waals surface area (Å²) in [6.07, 6.45) is -8.48. The largest absolute Gasteiger partial charge is 0.472 e. The maximum Gasteiger partial charge on any atom is 0.472 e. The van der Waals surface area contributed by atoms with Crippen molar-refractivity contribution in [3.8, 4) is 0 Å². The summed E-state index contributed by atoms with van der Waals surface area (Å²) < 4.78 is 170. The van der Waals surface area contributed by atoms with E-state index in [1.807, 2.05) is 0 Å². The number of carbonyl (C=O) groups excluding carboxylic acids is 1. The minimum atomic E-state index is -5.12. The van der Waals surface area contributed by atoms with Crippen LogP contribution < -0.4 is 5.32 Å². The van der Waals surface area contributed by atoms with Crippen LogP contribution in [0, 0.1) is 17.3 Å². The number of amides is 1. The van der Waals surface area contributed by atoms with Crippen LogP contribution in [0.15, 0.2) is 0 Å². The first-order valence-electron chi connectivity index (χ1n) is 37.4. The van der Waals surface area contributed by atoms with Gasteiger partial charge in [0.15, 0.2) is 12.6 Å². The number of aliphatic hydroxyl groups is 9. The normalized spacial score (nSPS) is 31.0. The zero-order valence-electron chi connectivity index (χ0n) is 63.3. The maximum atomic E-state index is 13.8. The Bertz CT molecular complexity index is 2640. The first-order chi connectivity index (χ1) is 51.5. The third-order valence-corrected chi connectivity index (χ3v) is 23.3. The van der Waals surface area contributed by atoms with Gasteiger partial charge in [-0.05, 0) is 78.6 Å². The van der Waals surface area contributed by atoms with Crippen molar-refractivity contribution in [1.82, 2.24) is 5.32 Å². The lowest BCUT2D eigenvalue weighted by Crippen LogP contribution is -2.64. The van der Waals surface area contributed by atoms with Crippen LogP contribution in [0.2, 0.25) is 0 Å². The van der Waals surface area contributed by atoms with E-state index in [0.717, 1.165) is 19.3 Å². The lowest BCUT2D eigenvalue weighted by atomic mass is 9.86. The van der Waals surface area contributed by atoms with Crippen LogP contribution >= 0.6 is 39.1 Å². The molecule has 4 saturated heterocycles. The fourth-order valence-electron chi connectivity index (χ4n) is 12.0. The number of ether oxygens (including phenoxy) is 9. The number of unbranched alkanes of at least 4 members (excludes halogenated alkanes) is 10. The third kappa shape index (κ3) is 39.6. The SMILES string of the molecule is CC(=O)N[C@H]1C(O)[C@@H](O)C(CO)O[C@H]1OCCCCCCOP(=O)(O)OCCCOCC(COCCCOP(=O)(O)OCCCCCCC[C@@H]1OC(CO)[C@H](O)C(O)[C@@H]1C)(COCCCOP(=O)(O)OCCCCCCO[C@@H]1OC(CO)[C@H](O)C(O)[C@@H]1C)COP(=O)(O)OC[C@H]1O[C@@H](C)CC1OP(=O)(O)OC(C)C. The van der Waals surface area contributed by atoms with Gasteiger partial charge in [0.05, 0.1) is 128 Å². The fourth-order valence-corrected chi connectivity index (χ4v) is 16.4. The van der Waals surface area contributed by atoms with Gasteiger partial charge in [0.1, 0.15) is 61.0 Å². The highest BCUT2D eigenvalue weighted by Crippen LogP contribution is 2.51. The van der Waals surface area contributed by atoms with E-state index in [4.69, 9.17) is 87.9 Å². The summed E-state index contributed by atoms with van der Waals surface area (Å²) in [6.45, 7) is 3.55. The average molecular weight is 1690 g/mol. The molecule has 4 rings (SSSR count). The monoisotopic (exact) mass is 1690 g/mol. The molecule has 13 unspecified atom stereocenters. The molecule has 40 nitrogen and oxygen atoms in total. The molecule has 0 aliphatic carbocycles. The Balaban J connectivity index is 1.34. The molecule has 4 aliphatic heterocycles. The molecule has 109 heavy (non-hydrogen) atoms. The van der Waals surface area contributed by atoms with Crippen molar-refractivity contribution in [2.24, 2.45) is 17.3 Å². The maximum absolute atomic E-state index is 13.8. The van der Waals surface area contributed by atoms with Crippen LogP contribution in [0.5, 0.6) is 0 Å². The molecule has 0 radical (unpaired) electrons. The van der Waals surface area contributed by atoms with Crippen LogP contribution in [0.25, 0.3) is 0 Å². The molecule has 0 aromatic rings. The minimum Gasteiger partial charge on any atom is -0.394 e. The molecule has 15 N–H and O–H groups in total. The molecule has 45 heteroatoms. The number of phosphoric acid groups is 5. The molecule has 646 valence electrons. The van der Waals surface area contributed by atoms with Crippen molar-refractivity contribution in [2.45, 2.75) is 261 Å². The number of rotatable bonds is 62. The van der Waals surface area contributed by atoms with E-state index in [1.54, 1.807) is 20.8 Å². The Labute approximate surface area is 637 Å². The van der Waals surface area contributed by atoms with Crippen molar-refractivity contribution >= 4 is 45.0 Å². The highest BCUT2D eigenvalue weighted by Gasteiger charge is 2.48. The van der Waals surface area contributed by atoms with Gasteiger partial charge in [0.25, 0.3) is 0 Å². The third-order valence-electron chi connectivity index (χ3n) is 18.1. The zero-order chi connectivity index (χ0) is 80.9. The lowest BCUT2D eigenvalue weighted by Gasteiger charge is -2.42. The number of carbonyl (C=O) groups is 1. The average Bonchev–Trinajstić information content (AvgIpc) is 1.39. The van der Waals surface area contributed by atoms with Crippen LogP contribution in [-0.2, 0) is 115 Å². The molecule has 0 spiro atoms. The number of phosphoric ester groups is 5. The molecular weight excluding hydrogens is 1560 g/mol. The van der Waals surface area contributed by atoms with Gasteiger partial charge in [0, 0.05) is 58.2 Å². The second kappa shape index (κ2) is 52.3. The van der Waals surface area contributed by atoms with Gasteiger partial charge >= 0.3 is 39.1 Å². The van der Waals surface area contributed by atoms with E-state index in [9.17, 15) is 98.0 Å². The summed E-state index contributed by atoms with van der Waals surface area (Å²) in [5, 5.41) is 92.7. The van der Waals surface area contributed by atoms with Crippen molar-refractivity contribution in [3.63, 3.8) is 0 Å². The van der Waals surface area contributed by atoms with Crippen LogP contribution in [0.3, 0.4) is 0 Å². The molecule has 0 saturated carbocycles. The van der Waals surface area contributed by atoms with Gasteiger partial charge in [-0.3, -0.25) is 50.0 Å². The molecule has 4 fully saturated rings. The van der Waals surface area contributed by atoms with E-state index in [-0.39, 0.29) is 110 Å². The minimum absolute atomic E-state index is 0.00287. The number of aliphatic hydroxyl groups excluding tert-OH is 9. The van der Waals surface area contributed by atoms with Crippen LogP contribution in [-0.4, -0.2) is 306 Å². The molecule has 1 amide bonds. The van der Waals surface area contributed by atoms with Gasteiger partial charge in [-0.25, -0.2) is 22.8 Å². The van der Waals surface area contributed by atoms with Gasteiger partial charge < -0.3 is 118 Å². The van der Waals surface area contributed by atoms with Crippen LogP contribution in [0.4, 0.5) is 0 Å². The van der Waals surface area contributed by atoms with Crippen LogP contribution in [0.1, 0.15) is 157 Å². The number of hydrogen-bond donors (Lipinski definition) is 15. The van der Waals surface area contributed by atoms with Gasteiger partial charge in [0.2, 0.25) is 5.91 Å². The Hall–Kier alpha value is -0.700. The fraction of sp³-hybridized carbons (Fsp3) is 0.984. The lowest BCUT2D eigenvalue weighted by molar-refractivity contribution is -0.282. The van der Waals surface area contributed by atoms with E-state index in [0.29, 0.717) is 70.6 Å².